The van der Waals surface area contributed by atoms with Gasteiger partial charge < -0.3 is 15.2 Å². The second-order valence-electron chi connectivity index (χ2n) is 4.68. The Kier molecular flexibility index (Phi) is 4.12. The average molecular weight is 245 g/mol. The van der Waals surface area contributed by atoms with E-state index in [4.69, 9.17) is 0 Å². The van der Waals surface area contributed by atoms with E-state index < -0.39 is 0 Å². The SMILES string of the molecule is CN(C)CCNCc1cc(=O)[nH]c2ccccc12. The molecule has 2 rings (SSSR count). The number of rotatable bonds is 5. The zero-order chi connectivity index (χ0) is 13.0. The van der Waals surface area contributed by atoms with Crippen LogP contribution < -0.4 is 10.9 Å². The van der Waals surface area contributed by atoms with E-state index in [0.717, 1.165) is 36.1 Å². The number of hydrogen-bond donors (Lipinski definition) is 2. The van der Waals surface area contributed by atoms with Crippen LogP contribution in [0.2, 0.25) is 0 Å². The van der Waals surface area contributed by atoms with E-state index in [1.807, 2.05) is 38.4 Å². The first-order chi connectivity index (χ1) is 8.66. The summed E-state index contributed by atoms with van der Waals surface area (Å²) < 4.78 is 0. The number of likely N-dealkylation sites (N-methyl/N-ethyl adjacent to an activating group) is 1. The lowest BCUT2D eigenvalue weighted by Crippen LogP contribution is -2.26. The van der Waals surface area contributed by atoms with Gasteiger partial charge in [-0.1, -0.05) is 18.2 Å². The van der Waals surface area contributed by atoms with Crippen molar-refractivity contribution in [3.63, 3.8) is 0 Å². The molecule has 4 heteroatoms. The van der Waals surface area contributed by atoms with E-state index in [1.54, 1.807) is 6.07 Å². The van der Waals surface area contributed by atoms with Crippen LogP contribution in [0.25, 0.3) is 10.9 Å². The van der Waals surface area contributed by atoms with E-state index in [9.17, 15) is 4.79 Å². The summed E-state index contributed by atoms with van der Waals surface area (Å²) in [7, 11) is 4.09. The third kappa shape index (κ3) is 3.18. The fourth-order valence-electron chi connectivity index (χ4n) is 1.95. The van der Waals surface area contributed by atoms with Crippen LogP contribution >= 0.6 is 0 Å². The Bertz CT molecular complexity index is 575. The maximum Gasteiger partial charge on any atom is 0.248 e. The first-order valence-electron chi connectivity index (χ1n) is 6.13. The number of benzene rings is 1. The highest BCUT2D eigenvalue weighted by molar-refractivity contribution is 5.81. The van der Waals surface area contributed by atoms with Gasteiger partial charge in [-0.25, -0.2) is 0 Å². The van der Waals surface area contributed by atoms with Gasteiger partial charge in [0.2, 0.25) is 5.56 Å². The predicted molar refractivity (Wildman–Crippen MR) is 74.8 cm³/mol. The predicted octanol–water partition coefficient (Wildman–Crippen LogP) is 1.18. The molecule has 0 aliphatic rings. The van der Waals surface area contributed by atoms with Gasteiger partial charge in [0.1, 0.15) is 0 Å². The fourth-order valence-corrected chi connectivity index (χ4v) is 1.95. The Balaban J connectivity index is 2.14. The van der Waals surface area contributed by atoms with Crippen molar-refractivity contribution in [1.29, 1.82) is 0 Å². The topological polar surface area (TPSA) is 48.1 Å². The number of H-pyrrole nitrogens is 1. The molecule has 96 valence electrons. The van der Waals surface area contributed by atoms with Crippen molar-refractivity contribution >= 4 is 10.9 Å². The van der Waals surface area contributed by atoms with Crippen molar-refractivity contribution in [3.05, 3.63) is 46.2 Å². The van der Waals surface area contributed by atoms with E-state index in [2.05, 4.69) is 15.2 Å². The number of aromatic nitrogens is 1. The number of pyridine rings is 1. The van der Waals surface area contributed by atoms with Crippen molar-refractivity contribution in [2.75, 3.05) is 27.2 Å². The molecule has 0 radical (unpaired) electrons. The zero-order valence-corrected chi connectivity index (χ0v) is 10.9. The molecule has 0 saturated carbocycles. The molecule has 0 fully saturated rings. The molecule has 0 saturated heterocycles. The Labute approximate surface area is 107 Å². The normalized spacial score (nSPS) is 11.3. The lowest BCUT2D eigenvalue weighted by molar-refractivity contribution is 0.400. The van der Waals surface area contributed by atoms with Gasteiger partial charge in [0.05, 0.1) is 0 Å². The van der Waals surface area contributed by atoms with E-state index >= 15 is 0 Å². The highest BCUT2D eigenvalue weighted by Gasteiger charge is 2.02. The van der Waals surface area contributed by atoms with Crippen molar-refractivity contribution < 1.29 is 0 Å². The third-order valence-electron chi connectivity index (χ3n) is 2.89. The maximum absolute atomic E-state index is 11.6. The van der Waals surface area contributed by atoms with Crippen LogP contribution in [0.15, 0.2) is 35.1 Å². The summed E-state index contributed by atoms with van der Waals surface area (Å²) in [4.78, 5) is 16.5. The minimum atomic E-state index is -0.0434. The van der Waals surface area contributed by atoms with Crippen LogP contribution in [-0.4, -0.2) is 37.1 Å². The minimum Gasteiger partial charge on any atom is -0.322 e. The van der Waals surface area contributed by atoms with Crippen LogP contribution in [-0.2, 0) is 6.54 Å². The lowest BCUT2D eigenvalue weighted by atomic mass is 10.1. The molecule has 4 nitrogen and oxygen atoms in total. The number of nitrogens with zero attached hydrogens (tertiary/aromatic N) is 1. The Morgan fingerprint density at radius 2 is 2.06 bits per heavy atom. The second-order valence-corrected chi connectivity index (χ2v) is 4.68. The molecule has 2 N–H and O–H groups in total. The maximum atomic E-state index is 11.6. The number of hydrogen-bond acceptors (Lipinski definition) is 3. The zero-order valence-electron chi connectivity index (χ0n) is 10.9. The Morgan fingerprint density at radius 3 is 2.83 bits per heavy atom. The van der Waals surface area contributed by atoms with E-state index in [1.165, 1.54) is 0 Å². The van der Waals surface area contributed by atoms with Crippen LogP contribution in [0.1, 0.15) is 5.56 Å². The van der Waals surface area contributed by atoms with Gasteiger partial charge in [-0.05, 0) is 25.7 Å². The van der Waals surface area contributed by atoms with Gasteiger partial charge in [0.25, 0.3) is 0 Å². The summed E-state index contributed by atoms with van der Waals surface area (Å²) in [5, 5.41) is 4.46. The monoisotopic (exact) mass is 245 g/mol. The summed E-state index contributed by atoms with van der Waals surface area (Å²) >= 11 is 0. The summed E-state index contributed by atoms with van der Waals surface area (Å²) in [6.07, 6.45) is 0. The molecule has 2 aromatic rings. The first kappa shape index (κ1) is 12.8. The summed E-state index contributed by atoms with van der Waals surface area (Å²) in [6, 6.07) is 9.56. The van der Waals surface area contributed by atoms with Crippen molar-refractivity contribution in [2.45, 2.75) is 6.54 Å². The van der Waals surface area contributed by atoms with Crippen molar-refractivity contribution in [2.24, 2.45) is 0 Å². The average Bonchev–Trinajstić information content (AvgIpc) is 2.34. The molecule has 0 spiro atoms. The summed E-state index contributed by atoms with van der Waals surface area (Å²) in [6.45, 7) is 2.62. The van der Waals surface area contributed by atoms with Crippen molar-refractivity contribution in [3.8, 4) is 0 Å². The second kappa shape index (κ2) is 5.80. The molecular weight excluding hydrogens is 226 g/mol. The largest absolute Gasteiger partial charge is 0.322 e. The number of fused-ring (bicyclic) bond motifs is 1. The van der Waals surface area contributed by atoms with Gasteiger partial charge in [-0.3, -0.25) is 4.79 Å². The molecule has 1 aromatic carbocycles. The van der Waals surface area contributed by atoms with Crippen LogP contribution in [0, 0.1) is 0 Å². The summed E-state index contributed by atoms with van der Waals surface area (Å²) in [5.41, 5.74) is 1.90. The highest BCUT2D eigenvalue weighted by Crippen LogP contribution is 2.13. The third-order valence-corrected chi connectivity index (χ3v) is 2.89. The molecule has 18 heavy (non-hydrogen) atoms. The molecule has 0 aliphatic heterocycles. The molecular formula is C14H19N3O. The van der Waals surface area contributed by atoms with Gasteiger partial charge in [0, 0.05) is 36.6 Å². The van der Waals surface area contributed by atoms with Gasteiger partial charge in [-0.2, -0.15) is 0 Å². The molecule has 1 aromatic heterocycles. The van der Waals surface area contributed by atoms with E-state index in [0.29, 0.717) is 0 Å². The minimum absolute atomic E-state index is 0.0434. The molecule has 1 heterocycles. The number of nitrogens with one attached hydrogen (secondary N) is 2. The summed E-state index contributed by atoms with van der Waals surface area (Å²) in [5.74, 6) is 0. The Hall–Kier alpha value is -1.65. The molecule has 0 aliphatic carbocycles. The molecule has 0 bridgehead atoms. The van der Waals surface area contributed by atoms with Gasteiger partial charge in [-0.15, -0.1) is 0 Å². The fraction of sp³-hybridized carbons (Fsp3) is 0.357. The number of aromatic amines is 1. The molecule has 0 atom stereocenters. The van der Waals surface area contributed by atoms with Gasteiger partial charge in [0.15, 0.2) is 0 Å². The lowest BCUT2D eigenvalue weighted by Gasteiger charge is -2.11. The van der Waals surface area contributed by atoms with E-state index in [-0.39, 0.29) is 5.56 Å². The quantitative estimate of drug-likeness (QED) is 0.778. The van der Waals surface area contributed by atoms with Crippen molar-refractivity contribution in [1.82, 2.24) is 15.2 Å². The highest BCUT2D eigenvalue weighted by atomic mass is 16.1. The van der Waals surface area contributed by atoms with Crippen LogP contribution in [0.3, 0.4) is 0 Å². The molecule has 0 amide bonds. The smallest absolute Gasteiger partial charge is 0.248 e. The molecule has 0 unspecified atom stereocenters. The number of para-hydroxylation sites is 1. The first-order valence-corrected chi connectivity index (χ1v) is 6.13. The van der Waals surface area contributed by atoms with Crippen LogP contribution in [0.5, 0.6) is 0 Å². The van der Waals surface area contributed by atoms with Crippen LogP contribution in [0.4, 0.5) is 0 Å². The standard InChI is InChI=1S/C14H19N3O/c1-17(2)8-7-15-10-11-9-14(18)16-13-6-4-3-5-12(11)13/h3-6,9,15H,7-8,10H2,1-2H3,(H,16,18). The van der Waals surface area contributed by atoms with Gasteiger partial charge >= 0.3 is 0 Å². The Morgan fingerprint density at radius 1 is 1.28 bits per heavy atom.